The van der Waals surface area contributed by atoms with Gasteiger partial charge in [-0.25, -0.2) is 9.78 Å². The van der Waals surface area contributed by atoms with Crippen molar-refractivity contribution in [2.24, 2.45) is 5.92 Å². The smallest absolute Gasteiger partial charge is 0.391 e. The lowest BCUT2D eigenvalue weighted by atomic mass is 9.96. The number of nitrogens with zero attached hydrogens (tertiary/aromatic N) is 2. The predicted octanol–water partition coefficient (Wildman–Crippen LogP) is 2.62. The maximum absolute atomic E-state index is 12.5. The molecule has 1 N–H and O–H groups in total. The van der Waals surface area contributed by atoms with E-state index in [0.29, 0.717) is 25.3 Å². The number of hydrogen-bond donors (Lipinski definition) is 1. The van der Waals surface area contributed by atoms with Crippen molar-refractivity contribution in [2.75, 3.05) is 13.1 Å². The van der Waals surface area contributed by atoms with Gasteiger partial charge in [0.25, 0.3) is 0 Å². The summed E-state index contributed by atoms with van der Waals surface area (Å²) in [6.07, 6.45) is -3.91. The number of thiazole rings is 1. The second-order valence-corrected chi connectivity index (χ2v) is 5.40. The third-order valence-electron chi connectivity index (χ3n) is 3.17. The zero-order chi connectivity index (χ0) is 14.0. The molecule has 1 aromatic rings. The number of aromatic nitrogens is 1. The monoisotopic (exact) mass is 294 g/mol. The highest BCUT2D eigenvalue weighted by Crippen LogP contribution is 2.34. The van der Waals surface area contributed by atoms with Crippen molar-refractivity contribution >= 4 is 17.3 Å². The molecule has 1 aromatic heterocycles. The Balaban J connectivity index is 1.87. The molecule has 106 valence electrons. The van der Waals surface area contributed by atoms with E-state index >= 15 is 0 Å². The van der Waals surface area contributed by atoms with Gasteiger partial charge in [0.1, 0.15) is 0 Å². The van der Waals surface area contributed by atoms with Gasteiger partial charge in [-0.2, -0.15) is 13.2 Å². The van der Waals surface area contributed by atoms with E-state index in [2.05, 4.69) is 4.98 Å². The van der Waals surface area contributed by atoms with Crippen LogP contribution < -0.4 is 0 Å². The van der Waals surface area contributed by atoms with Crippen molar-refractivity contribution in [3.8, 4) is 0 Å². The number of hydrogen-bond acceptors (Lipinski definition) is 4. The zero-order valence-electron chi connectivity index (χ0n) is 9.98. The largest absolute Gasteiger partial charge is 0.476 e. The van der Waals surface area contributed by atoms with Gasteiger partial charge in [-0.05, 0) is 25.9 Å². The van der Waals surface area contributed by atoms with E-state index < -0.39 is 18.1 Å². The van der Waals surface area contributed by atoms with Gasteiger partial charge in [0.2, 0.25) is 5.01 Å². The molecular weight excluding hydrogens is 281 g/mol. The lowest BCUT2D eigenvalue weighted by Crippen LogP contribution is -2.38. The quantitative estimate of drug-likeness (QED) is 0.931. The Bertz CT molecular complexity index is 453. The van der Waals surface area contributed by atoms with E-state index in [0.717, 1.165) is 11.3 Å². The van der Waals surface area contributed by atoms with Crippen LogP contribution in [0.25, 0.3) is 0 Å². The average Bonchev–Trinajstić information content (AvgIpc) is 2.77. The Kier molecular flexibility index (Phi) is 4.10. The predicted molar refractivity (Wildman–Crippen MR) is 63.1 cm³/mol. The molecule has 0 bridgehead atoms. The Hall–Kier alpha value is -1.15. The van der Waals surface area contributed by atoms with Crippen molar-refractivity contribution in [3.05, 3.63) is 16.1 Å². The van der Waals surface area contributed by atoms with Crippen LogP contribution in [-0.4, -0.2) is 40.2 Å². The van der Waals surface area contributed by atoms with Gasteiger partial charge < -0.3 is 5.11 Å². The van der Waals surface area contributed by atoms with Crippen molar-refractivity contribution in [1.82, 2.24) is 9.88 Å². The van der Waals surface area contributed by atoms with Gasteiger partial charge in [-0.1, -0.05) is 0 Å². The molecule has 0 atom stereocenters. The number of halogens is 3. The number of carbonyl (C=O) groups is 1. The molecule has 0 aliphatic carbocycles. The molecule has 0 aromatic carbocycles. The molecule has 1 fully saturated rings. The van der Waals surface area contributed by atoms with E-state index in [1.54, 1.807) is 5.38 Å². The first-order valence-corrected chi connectivity index (χ1v) is 6.71. The molecule has 2 rings (SSSR count). The molecule has 2 heterocycles. The van der Waals surface area contributed by atoms with Crippen molar-refractivity contribution in [1.29, 1.82) is 0 Å². The van der Waals surface area contributed by atoms with E-state index in [9.17, 15) is 18.0 Å². The lowest BCUT2D eigenvalue weighted by Gasteiger charge is -2.32. The van der Waals surface area contributed by atoms with Crippen LogP contribution in [0.1, 0.15) is 28.3 Å². The summed E-state index contributed by atoms with van der Waals surface area (Å²) in [5.41, 5.74) is 0.604. The summed E-state index contributed by atoms with van der Waals surface area (Å²) in [5, 5.41) is 10.4. The number of rotatable bonds is 3. The van der Waals surface area contributed by atoms with Crippen LogP contribution in [0.5, 0.6) is 0 Å². The number of carboxylic acid groups (broad SMARTS) is 1. The van der Waals surface area contributed by atoms with Crippen LogP contribution in [0.3, 0.4) is 0 Å². The van der Waals surface area contributed by atoms with E-state index in [-0.39, 0.29) is 17.8 Å². The number of piperidine rings is 1. The minimum Gasteiger partial charge on any atom is -0.476 e. The third-order valence-corrected chi connectivity index (χ3v) is 4.05. The average molecular weight is 294 g/mol. The maximum Gasteiger partial charge on any atom is 0.391 e. The Morgan fingerprint density at radius 1 is 1.47 bits per heavy atom. The van der Waals surface area contributed by atoms with Crippen LogP contribution in [0.15, 0.2) is 5.38 Å². The van der Waals surface area contributed by atoms with Crippen LogP contribution >= 0.6 is 11.3 Å². The van der Waals surface area contributed by atoms with E-state index in [4.69, 9.17) is 5.11 Å². The summed E-state index contributed by atoms with van der Waals surface area (Å²) >= 11 is 1.03. The number of carboxylic acids is 1. The second-order valence-electron chi connectivity index (χ2n) is 4.54. The summed E-state index contributed by atoms with van der Waals surface area (Å²) in [6, 6.07) is 0. The molecule has 0 unspecified atom stereocenters. The number of likely N-dealkylation sites (tertiary alicyclic amines) is 1. The molecular formula is C11H13F3N2O2S. The van der Waals surface area contributed by atoms with Crippen LogP contribution in [0, 0.1) is 5.92 Å². The van der Waals surface area contributed by atoms with Crippen molar-refractivity contribution in [2.45, 2.75) is 25.6 Å². The molecule has 1 aliphatic rings. The topological polar surface area (TPSA) is 53.4 Å². The summed E-state index contributed by atoms with van der Waals surface area (Å²) in [7, 11) is 0. The van der Waals surface area contributed by atoms with Crippen LogP contribution in [-0.2, 0) is 6.54 Å². The van der Waals surface area contributed by atoms with Crippen molar-refractivity contribution < 1.29 is 23.1 Å². The molecule has 1 aliphatic heterocycles. The van der Waals surface area contributed by atoms with Crippen LogP contribution in [0.4, 0.5) is 13.2 Å². The Morgan fingerprint density at radius 3 is 2.58 bits per heavy atom. The molecule has 1 saturated heterocycles. The van der Waals surface area contributed by atoms with Gasteiger partial charge in [0.15, 0.2) is 0 Å². The van der Waals surface area contributed by atoms with Crippen molar-refractivity contribution in [3.63, 3.8) is 0 Å². The fourth-order valence-corrected chi connectivity index (χ4v) is 2.77. The SMILES string of the molecule is O=C(O)c1nc(CN2CCC(C(F)(F)F)CC2)cs1. The molecule has 0 spiro atoms. The number of aromatic carboxylic acids is 1. The van der Waals surface area contributed by atoms with Gasteiger partial charge >= 0.3 is 12.1 Å². The van der Waals surface area contributed by atoms with Crippen LogP contribution in [0.2, 0.25) is 0 Å². The third kappa shape index (κ3) is 3.66. The zero-order valence-corrected chi connectivity index (χ0v) is 10.8. The van der Waals surface area contributed by atoms with Gasteiger partial charge in [-0.15, -0.1) is 11.3 Å². The minimum absolute atomic E-state index is 0.0141. The second kappa shape index (κ2) is 5.46. The highest BCUT2D eigenvalue weighted by Gasteiger charge is 2.41. The van der Waals surface area contributed by atoms with E-state index in [1.165, 1.54) is 0 Å². The summed E-state index contributed by atoms with van der Waals surface area (Å²) in [5.74, 6) is -2.29. The highest BCUT2D eigenvalue weighted by atomic mass is 32.1. The first-order valence-electron chi connectivity index (χ1n) is 5.83. The minimum atomic E-state index is -4.11. The molecule has 0 saturated carbocycles. The standard InChI is InChI=1S/C11H13F3N2O2S/c12-11(13,14)7-1-3-16(4-2-7)5-8-6-19-9(15-8)10(17)18/h6-7H,1-5H2,(H,17,18). The molecule has 19 heavy (non-hydrogen) atoms. The maximum atomic E-state index is 12.5. The summed E-state index contributed by atoms with van der Waals surface area (Å²) in [6.45, 7) is 1.14. The van der Waals surface area contributed by atoms with E-state index in [1.807, 2.05) is 4.90 Å². The Morgan fingerprint density at radius 2 is 2.11 bits per heavy atom. The normalized spacial score (nSPS) is 18.7. The lowest BCUT2D eigenvalue weighted by molar-refractivity contribution is -0.185. The highest BCUT2D eigenvalue weighted by molar-refractivity contribution is 7.11. The molecule has 4 nitrogen and oxygen atoms in total. The number of alkyl halides is 3. The van der Waals surface area contributed by atoms with Gasteiger partial charge in [0.05, 0.1) is 11.6 Å². The van der Waals surface area contributed by atoms with Gasteiger partial charge in [0, 0.05) is 11.9 Å². The van der Waals surface area contributed by atoms with Gasteiger partial charge in [-0.3, -0.25) is 4.90 Å². The molecule has 0 radical (unpaired) electrons. The fourth-order valence-electron chi connectivity index (χ4n) is 2.13. The molecule has 8 heteroatoms. The first-order chi connectivity index (χ1) is 8.86. The summed E-state index contributed by atoms with van der Waals surface area (Å²) < 4.78 is 37.5. The first kappa shape index (κ1) is 14.3. The summed E-state index contributed by atoms with van der Waals surface area (Å²) in [4.78, 5) is 16.5. The fraction of sp³-hybridized carbons (Fsp3) is 0.636. The molecule has 0 amide bonds. The Labute approximate surface area is 111 Å².